The molecule has 0 unspecified atom stereocenters. The van der Waals surface area contributed by atoms with Crippen LogP contribution in [0.3, 0.4) is 0 Å². The lowest BCUT2D eigenvalue weighted by Gasteiger charge is -2.12. The zero-order chi connectivity index (χ0) is 18.1. The lowest BCUT2D eigenvalue weighted by atomic mass is 10.2. The number of aromatic hydroxyl groups is 1. The summed E-state index contributed by atoms with van der Waals surface area (Å²) in [4.78, 5) is 26.4. The molecule has 0 saturated carbocycles. The lowest BCUT2D eigenvalue weighted by molar-refractivity contribution is -0.123. The zero-order valence-corrected chi connectivity index (χ0v) is 19.8. The van der Waals surface area contributed by atoms with Gasteiger partial charge in [0, 0.05) is 12.7 Å². The summed E-state index contributed by atoms with van der Waals surface area (Å²) >= 11 is 7.30. The van der Waals surface area contributed by atoms with E-state index in [9.17, 15) is 14.7 Å². The number of rotatable bonds is 3. The third-order valence-electron chi connectivity index (χ3n) is 3.47. The van der Waals surface area contributed by atoms with Gasteiger partial charge in [-0.15, -0.1) is 0 Å². The molecule has 1 aliphatic rings. The monoisotopic (exact) mass is 689 g/mol. The number of thioether (sulfide) groups is 1. The Balaban J connectivity index is 1.87. The van der Waals surface area contributed by atoms with Crippen LogP contribution < -0.4 is 0 Å². The maximum Gasteiger partial charge on any atom is 0.293 e. The van der Waals surface area contributed by atoms with E-state index in [0.717, 1.165) is 24.5 Å². The highest BCUT2D eigenvalue weighted by atomic mass is 127. The summed E-state index contributed by atoms with van der Waals surface area (Å²) in [7, 11) is 0. The number of hydrogen-bond acceptors (Lipinski definition) is 4. The van der Waals surface area contributed by atoms with Crippen molar-refractivity contribution >= 4 is 96.8 Å². The summed E-state index contributed by atoms with van der Waals surface area (Å²) in [5.74, 6) is -0.215. The van der Waals surface area contributed by atoms with E-state index >= 15 is 0 Å². The highest BCUT2D eigenvalue weighted by Gasteiger charge is 2.35. The number of amides is 2. The van der Waals surface area contributed by atoms with Crippen LogP contribution in [0.15, 0.2) is 41.3 Å². The summed E-state index contributed by atoms with van der Waals surface area (Å²) in [6.07, 6.45) is 1.58. The minimum absolute atomic E-state index is 0.116. The summed E-state index contributed by atoms with van der Waals surface area (Å²) in [6.45, 7) is 0.245. The zero-order valence-electron chi connectivity index (χ0n) is 12.5. The number of halogens is 3. The molecule has 2 aromatic rings. The van der Waals surface area contributed by atoms with E-state index in [4.69, 9.17) is 0 Å². The van der Waals surface area contributed by atoms with Crippen LogP contribution in [0.2, 0.25) is 0 Å². The standard InChI is InChI=1S/C17H10I3NO3S/c18-11-3-1-9(2-4-11)8-21-16(23)14(25-17(21)24)6-10-5-12(19)7-13(20)15(10)22/h1-7,22H,8H2/b14-6-. The van der Waals surface area contributed by atoms with Crippen molar-refractivity contribution in [3.05, 3.63) is 63.1 Å². The number of carbonyl (C=O) groups excluding carboxylic acids is 2. The van der Waals surface area contributed by atoms with Crippen LogP contribution in [-0.4, -0.2) is 21.2 Å². The predicted molar refractivity (Wildman–Crippen MR) is 124 cm³/mol. The first-order chi connectivity index (χ1) is 11.8. The lowest BCUT2D eigenvalue weighted by Crippen LogP contribution is -2.27. The Hall–Kier alpha value is -0.340. The molecule has 2 aromatic carbocycles. The normalized spacial score (nSPS) is 16.1. The first kappa shape index (κ1) is 19.4. The van der Waals surface area contributed by atoms with Gasteiger partial charge in [0.15, 0.2) is 0 Å². The van der Waals surface area contributed by atoms with Gasteiger partial charge in [0.2, 0.25) is 0 Å². The van der Waals surface area contributed by atoms with Crippen molar-refractivity contribution in [3.8, 4) is 5.75 Å². The number of benzene rings is 2. The molecule has 0 bridgehead atoms. The van der Waals surface area contributed by atoms with E-state index in [-0.39, 0.29) is 23.4 Å². The van der Waals surface area contributed by atoms with Gasteiger partial charge in [-0.2, -0.15) is 0 Å². The molecule has 4 nitrogen and oxygen atoms in total. The van der Waals surface area contributed by atoms with Crippen molar-refractivity contribution in [1.29, 1.82) is 0 Å². The minimum atomic E-state index is -0.332. The second-order valence-electron chi connectivity index (χ2n) is 5.22. The number of carbonyl (C=O) groups is 2. The molecule has 0 aliphatic carbocycles. The van der Waals surface area contributed by atoms with E-state index in [2.05, 4.69) is 45.2 Å². The third kappa shape index (κ3) is 4.50. The van der Waals surface area contributed by atoms with Gasteiger partial charge in [-0.05, 0) is 115 Å². The Kier molecular flexibility index (Phi) is 6.31. The summed E-state index contributed by atoms with van der Waals surface area (Å²) < 4.78 is 2.75. The van der Waals surface area contributed by atoms with E-state index in [1.807, 2.05) is 52.9 Å². The van der Waals surface area contributed by atoms with Gasteiger partial charge in [-0.1, -0.05) is 12.1 Å². The van der Waals surface area contributed by atoms with Gasteiger partial charge in [0.05, 0.1) is 15.0 Å². The van der Waals surface area contributed by atoms with Crippen molar-refractivity contribution in [2.45, 2.75) is 6.54 Å². The minimum Gasteiger partial charge on any atom is -0.506 e. The molecule has 1 fully saturated rings. The fraction of sp³-hybridized carbons (Fsp3) is 0.0588. The van der Waals surface area contributed by atoms with Crippen LogP contribution in [0.25, 0.3) is 6.08 Å². The van der Waals surface area contributed by atoms with E-state index < -0.39 is 0 Å². The van der Waals surface area contributed by atoms with E-state index in [1.54, 1.807) is 12.1 Å². The average molecular weight is 689 g/mol. The Morgan fingerprint density at radius 3 is 2.40 bits per heavy atom. The van der Waals surface area contributed by atoms with Crippen LogP contribution in [0.5, 0.6) is 5.75 Å². The van der Waals surface area contributed by atoms with Crippen molar-refractivity contribution in [3.63, 3.8) is 0 Å². The Morgan fingerprint density at radius 1 is 1.04 bits per heavy atom. The predicted octanol–water partition coefficient (Wildman–Crippen LogP) is 5.44. The van der Waals surface area contributed by atoms with Crippen LogP contribution in [-0.2, 0) is 11.3 Å². The number of nitrogens with zero attached hydrogens (tertiary/aromatic N) is 1. The fourth-order valence-corrected chi connectivity index (χ4v) is 5.32. The molecule has 25 heavy (non-hydrogen) atoms. The Morgan fingerprint density at radius 2 is 1.72 bits per heavy atom. The molecule has 0 spiro atoms. The molecular formula is C17H10I3NO3S. The Bertz CT molecular complexity index is 897. The van der Waals surface area contributed by atoms with Crippen molar-refractivity contribution in [2.75, 3.05) is 0 Å². The molecular weight excluding hydrogens is 679 g/mol. The average Bonchev–Trinajstić information content (AvgIpc) is 2.81. The molecule has 8 heteroatoms. The molecule has 1 aliphatic heterocycles. The largest absolute Gasteiger partial charge is 0.506 e. The molecule has 3 rings (SSSR count). The van der Waals surface area contributed by atoms with Gasteiger partial charge >= 0.3 is 0 Å². The molecule has 0 aromatic heterocycles. The van der Waals surface area contributed by atoms with E-state index in [1.165, 1.54) is 4.90 Å². The smallest absolute Gasteiger partial charge is 0.293 e. The molecule has 2 amide bonds. The van der Waals surface area contributed by atoms with Gasteiger partial charge in [0.25, 0.3) is 11.1 Å². The summed E-state index contributed by atoms with van der Waals surface area (Å²) in [5, 5.41) is 9.89. The first-order valence-corrected chi connectivity index (χ1v) is 11.1. The van der Waals surface area contributed by atoms with Crippen LogP contribution >= 0.6 is 79.5 Å². The second kappa shape index (κ2) is 8.13. The second-order valence-corrected chi connectivity index (χ2v) is 9.87. The topological polar surface area (TPSA) is 57.6 Å². The summed E-state index contributed by atoms with van der Waals surface area (Å²) in [6, 6.07) is 11.3. The van der Waals surface area contributed by atoms with Crippen LogP contribution in [0, 0.1) is 10.7 Å². The summed E-state index contributed by atoms with van der Waals surface area (Å²) in [5.41, 5.74) is 1.44. The maximum absolute atomic E-state index is 12.6. The molecule has 1 saturated heterocycles. The SMILES string of the molecule is O=C1S/C(=C\c2cc(I)cc(I)c2O)C(=O)N1Cc1ccc(I)cc1. The Labute approximate surface area is 189 Å². The van der Waals surface area contributed by atoms with Crippen molar-refractivity contribution < 1.29 is 14.7 Å². The van der Waals surface area contributed by atoms with Gasteiger partial charge in [-0.25, -0.2) is 0 Å². The molecule has 0 atom stereocenters. The number of phenols is 1. The van der Waals surface area contributed by atoms with Gasteiger partial charge in [0.1, 0.15) is 5.75 Å². The highest BCUT2D eigenvalue weighted by Crippen LogP contribution is 2.36. The molecule has 0 radical (unpaired) electrons. The molecule has 1 heterocycles. The fourth-order valence-electron chi connectivity index (χ4n) is 2.25. The van der Waals surface area contributed by atoms with Gasteiger partial charge in [-0.3, -0.25) is 14.5 Å². The number of phenolic OH excluding ortho intramolecular Hbond substituents is 1. The van der Waals surface area contributed by atoms with Crippen LogP contribution in [0.1, 0.15) is 11.1 Å². The molecule has 128 valence electrons. The van der Waals surface area contributed by atoms with Crippen molar-refractivity contribution in [2.24, 2.45) is 0 Å². The highest BCUT2D eigenvalue weighted by molar-refractivity contribution is 14.1. The maximum atomic E-state index is 12.6. The van der Waals surface area contributed by atoms with Crippen LogP contribution in [0.4, 0.5) is 4.79 Å². The van der Waals surface area contributed by atoms with E-state index in [0.29, 0.717) is 14.0 Å². The van der Waals surface area contributed by atoms with Gasteiger partial charge < -0.3 is 5.11 Å². The third-order valence-corrected chi connectivity index (χ3v) is 6.54. The van der Waals surface area contributed by atoms with Crippen molar-refractivity contribution in [1.82, 2.24) is 4.90 Å². The quantitative estimate of drug-likeness (QED) is 0.345. The number of imide groups is 1. The molecule has 1 N–H and O–H groups in total. The number of hydrogen-bond donors (Lipinski definition) is 1. The first-order valence-electron chi connectivity index (χ1n) is 7.03.